The van der Waals surface area contributed by atoms with E-state index in [1.807, 2.05) is 38.9 Å². The minimum Gasteiger partial charge on any atom is -0.512 e. The van der Waals surface area contributed by atoms with E-state index < -0.39 is 11.7 Å². The van der Waals surface area contributed by atoms with Crippen molar-refractivity contribution in [3.8, 4) is 11.3 Å². The predicted octanol–water partition coefficient (Wildman–Crippen LogP) is 8.86. The zero-order valence-electron chi connectivity index (χ0n) is 25.2. The molecule has 0 bridgehead atoms. The molecule has 1 radical (unpaired) electrons. The van der Waals surface area contributed by atoms with Crippen LogP contribution < -0.4 is 4.90 Å². The zero-order valence-corrected chi connectivity index (χ0v) is 27.6. The van der Waals surface area contributed by atoms with E-state index in [-0.39, 0.29) is 48.8 Å². The van der Waals surface area contributed by atoms with Gasteiger partial charge in [0.05, 0.1) is 16.8 Å². The van der Waals surface area contributed by atoms with Crippen LogP contribution in [-0.2, 0) is 38.1 Å². The van der Waals surface area contributed by atoms with Crippen molar-refractivity contribution in [2.75, 3.05) is 4.90 Å². The number of fused-ring (bicyclic) bond motifs is 2. The Hall–Kier alpha value is -2.71. The van der Waals surface area contributed by atoms with Crippen molar-refractivity contribution in [2.45, 2.75) is 96.7 Å². The number of rotatable bonds is 3. The first-order valence-corrected chi connectivity index (χ1v) is 15.0. The van der Waals surface area contributed by atoms with Gasteiger partial charge in [0.25, 0.3) is 0 Å². The first kappa shape index (κ1) is 33.2. The monoisotopic (exact) mass is 774 g/mol. The number of alkyl halides is 3. The van der Waals surface area contributed by atoms with Gasteiger partial charge in [-0.3, -0.25) is 9.78 Å². The van der Waals surface area contributed by atoms with Crippen molar-refractivity contribution in [2.24, 2.45) is 18.9 Å². The molecule has 43 heavy (non-hydrogen) atoms. The summed E-state index contributed by atoms with van der Waals surface area (Å²) in [5.74, 6) is 0.985. The van der Waals surface area contributed by atoms with Crippen LogP contribution in [0.3, 0.4) is 0 Å². The van der Waals surface area contributed by atoms with Gasteiger partial charge in [-0.05, 0) is 65.6 Å². The molecule has 2 aromatic heterocycles. The smallest absolute Gasteiger partial charge is 0.418 e. The summed E-state index contributed by atoms with van der Waals surface area (Å²) in [7, 11) is 1.84. The first-order chi connectivity index (χ1) is 19.9. The van der Waals surface area contributed by atoms with E-state index in [1.54, 1.807) is 10.6 Å². The van der Waals surface area contributed by atoms with Gasteiger partial charge >= 0.3 is 6.18 Å². The van der Waals surface area contributed by atoms with Gasteiger partial charge in [0, 0.05) is 60.3 Å². The van der Waals surface area contributed by atoms with Crippen molar-refractivity contribution >= 4 is 28.1 Å². The molecule has 3 heterocycles. The number of nitrogens with zero attached hydrogens (tertiary/aromatic N) is 4. The Labute approximate surface area is 265 Å². The predicted molar refractivity (Wildman–Crippen MR) is 159 cm³/mol. The van der Waals surface area contributed by atoms with E-state index in [0.29, 0.717) is 28.1 Å². The summed E-state index contributed by atoms with van der Waals surface area (Å²) < 4.78 is 42.1. The third-order valence-corrected chi connectivity index (χ3v) is 8.64. The number of carbonyl (C=O) groups is 1. The molecule has 0 saturated heterocycles. The molecule has 1 aliphatic heterocycles. The molecule has 0 atom stereocenters. The Bertz CT molecular complexity index is 1480. The fourth-order valence-corrected chi connectivity index (χ4v) is 6.64. The number of ketones is 1. The molecule has 6 nitrogen and oxygen atoms in total. The number of aromatic nitrogens is 3. The number of aliphatic hydroxyl groups is 1. The van der Waals surface area contributed by atoms with Crippen LogP contribution in [0.2, 0.25) is 0 Å². The number of aliphatic hydroxyl groups excluding tert-OH is 1. The fourth-order valence-electron chi connectivity index (χ4n) is 6.64. The van der Waals surface area contributed by atoms with Crippen LogP contribution in [-0.4, -0.2) is 31.0 Å². The molecule has 3 aromatic rings. The Kier molecular flexibility index (Phi) is 10.1. The Morgan fingerprint density at radius 2 is 1.56 bits per heavy atom. The molecular formula is C33H40F3IrN4O2-. The van der Waals surface area contributed by atoms with Gasteiger partial charge in [-0.15, -0.1) is 0 Å². The Morgan fingerprint density at radius 3 is 2.14 bits per heavy atom. The number of allylic oxidation sites excluding steroid dienone is 2. The second-order valence-corrected chi connectivity index (χ2v) is 12.8. The summed E-state index contributed by atoms with van der Waals surface area (Å²) in [5.41, 5.74) is 1.57. The number of benzene rings is 1. The van der Waals surface area contributed by atoms with Crippen LogP contribution in [0.4, 0.5) is 24.5 Å². The van der Waals surface area contributed by atoms with E-state index >= 15 is 0 Å². The third-order valence-electron chi connectivity index (χ3n) is 8.64. The summed E-state index contributed by atoms with van der Waals surface area (Å²) in [6.45, 7) is 6.05. The molecule has 3 aliphatic rings. The quantitative estimate of drug-likeness (QED) is 0.164. The number of carbonyl (C=O) groups excluding carboxylic acids is 1. The van der Waals surface area contributed by atoms with Crippen LogP contribution in [0.25, 0.3) is 22.2 Å². The van der Waals surface area contributed by atoms with Crippen molar-refractivity contribution in [3.63, 3.8) is 0 Å². The maximum atomic E-state index is 13.4. The van der Waals surface area contributed by atoms with Gasteiger partial charge in [0.15, 0.2) is 5.78 Å². The van der Waals surface area contributed by atoms with Gasteiger partial charge in [0.2, 0.25) is 0 Å². The molecule has 0 spiro atoms. The largest absolute Gasteiger partial charge is 0.512 e. The average molecular weight is 774 g/mol. The molecule has 10 heteroatoms. The minimum atomic E-state index is -4.47. The fraction of sp³-hybridized carbons (Fsp3) is 0.545. The van der Waals surface area contributed by atoms with E-state index in [0.717, 1.165) is 37.4 Å². The molecular weight excluding hydrogens is 734 g/mol. The number of hydrogen-bond acceptors (Lipinski definition) is 5. The van der Waals surface area contributed by atoms with Crippen molar-refractivity contribution < 1.29 is 43.2 Å². The summed E-state index contributed by atoms with van der Waals surface area (Å²) in [5, 5.41) is 10.4. The normalized spacial score (nSPS) is 18.0. The summed E-state index contributed by atoms with van der Waals surface area (Å²) in [6.07, 6.45) is 14.8. The second-order valence-electron chi connectivity index (χ2n) is 12.8. The van der Waals surface area contributed by atoms with Crippen LogP contribution >= 0.6 is 0 Å². The molecule has 1 aromatic carbocycles. The molecule has 1 N–H and O–H groups in total. The first-order valence-electron chi connectivity index (χ1n) is 15.0. The standard InChI is InChI=1S/C18H16F3N4.C15H24O2.Ir/c1-17(2,3)25-12-6-5-11(18(19,20)21)16-14(12)15(22-9-23-16)10-7-24(4)8-13(10)25;16-14(12-7-3-1-4-8-12)11-15(17)13-9-5-2-6-10-13;/h5-6,8-9H,1-4H3;11-13,16H,1-10H2;/q-1;;/b;14-11-;. The summed E-state index contributed by atoms with van der Waals surface area (Å²) in [6, 6.07) is 2.62. The molecule has 235 valence electrons. The van der Waals surface area contributed by atoms with Gasteiger partial charge in [-0.2, -0.15) is 13.2 Å². The van der Waals surface area contributed by atoms with E-state index in [9.17, 15) is 23.1 Å². The van der Waals surface area contributed by atoms with E-state index in [1.165, 1.54) is 50.9 Å². The van der Waals surface area contributed by atoms with Gasteiger partial charge in [0.1, 0.15) is 6.33 Å². The minimum absolute atomic E-state index is 0. The van der Waals surface area contributed by atoms with E-state index in [2.05, 4.69) is 16.2 Å². The molecule has 6 rings (SSSR count). The average Bonchev–Trinajstić information content (AvgIpc) is 3.34. The number of hydrogen-bond donors (Lipinski definition) is 1. The number of anilines is 2. The zero-order chi connectivity index (χ0) is 30.2. The molecule has 2 saturated carbocycles. The van der Waals surface area contributed by atoms with Gasteiger partial charge in [-0.25, -0.2) is 4.98 Å². The van der Waals surface area contributed by atoms with E-state index in [4.69, 9.17) is 0 Å². The second kappa shape index (κ2) is 13.1. The Morgan fingerprint density at radius 1 is 0.953 bits per heavy atom. The maximum Gasteiger partial charge on any atom is 0.418 e. The van der Waals surface area contributed by atoms with Crippen LogP contribution in [0.15, 0.2) is 36.5 Å². The van der Waals surface area contributed by atoms with Gasteiger partial charge < -0.3 is 14.6 Å². The van der Waals surface area contributed by atoms with Crippen LogP contribution in [0, 0.1) is 18.0 Å². The van der Waals surface area contributed by atoms with Gasteiger partial charge in [-0.1, -0.05) is 62.2 Å². The van der Waals surface area contributed by atoms with Crippen molar-refractivity contribution in [1.29, 1.82) is 0 Å². The van der Waals surface area contributed by atoms with Crippen molar-refractivity contribution in [1.82, 2.24) is 14.5 Å². The number of halogens is 3. The third kappa shape index (κ3) is 7.01. The maximum absolute atomic E-state index is 13.4. The molecule has 0 unspecified atom stereocenters. The summed E-state index contributed by atoms with van der Waals surface area (Å²) in [4.78, 5) is 22.3. The SMILES string of the molecule is Cn1[c-]c2c(c1)N(C(C)(C)C)c1ccc(C(F)(F)F)c3ncnc-2c13.O=C(/C=C(\O)C1CCCCC1)C1CCCCC1.[Ir]. The summed E-state index contributed by atoms with van der Waals surface area (Å²) >= 11 is 0. The van der Waals surface area contributed by atoms with Crippen molar-refractivity contribution in [3.05, 3.63) is 48.3 Å². The van der Waals surface area contributed by atoms with Crippen LogP contribution in [0.5, 0.6) is 0 Å². The Balaban J connectivity index is 0.000000207. The number of aryl methyl sites for hydroxylation is 1. The topological polar surface area (TPSA) is 71.2 Å². The van der Waals surface area contributed by atoms with Crippen LogP contribution in [0.1, 0.15) is 90.5 Å². The molecule has 2 fully saturated rings. The molecule has 2 aliphatic carbocycles. The molecule has 0 amide bonds.